The summed E-state index contributed by atoms with van der Waals surface area (Å²) in [5, 5.41) is 0. The fourth-order valence-electron chi connectivity index (χ4n) is 1.51. The van der Waals surface area contributed by atoms with E-state index in [0.717, 1.165) is 11.1 Å². The number of ether oxygens (including phenoxy) is 1. The van der Waals surface area contributed by atoms with Crippen molar-refractivity contribution < 1.29 is 9.13 Å². The first-order chi connectivity index (χ1) is 6.66. The molecule has 14 heavy (non-hydrogen) atoms. The Morgan fingerprint density at radius 2 is 2.36 bits per heavy atom. The van der Waals surface area contributed by atoms with Crippen LogP contribution in [0, 0.1) is 12.7 Å². The molecule has 0 amide bonds. The highest BCUT2D eigenvalue weighted by molar-refractivity contribution is 5.73. The number of benzene rings is 1. The first-order valence-corrected chi connectivity index (χ1v) is 4.39. The van der Waals surface area contributed by atoms with E-state index < -0.39 is 0 Å². The molecular formula is C10H11FN2O. The molecule has 0 aromatic heterocycles. The fraction of sp³-hybridized carbons (Fsp3) is 0.300. The molecule has 0 radical (unpaired) electrons. The second-order valence-electron chi connectivity index (χ2n) is 3.29. The highest BCUT2D eigenvalue weighted by Crippen LogP contribution is 2.25. The van der Waals surface area contributed by atoms with Gasteiger partial charge in [-0.15, -0.1) is 0 Å². The summed E-state index contributed by atoms with van der Waals surface area (Å²) in [4.78, 5) is 3.91. The fourth-order valence-corrected chi connectivity index (χ4v) is 1.51. The molecule has 1 aromatic rings. The standard InChI is InChI=1S/C10H11FN2O/c1-6-2-3-7(11)4-8(6)9-5-13-10(12)14-9/h2-4,9H,5H2,1H3,(H2,12,13). The molecule has 1 aliphatic heterocycles. The first-order valence-electron chi connectivity index (χ1n) is 4.39. The second-order valence-corrected chi connectivity index (χ2v) is 3.29. The van der Waals surface area contributed by atoms with E-state index in [9.17, 15) is 4.39 Å². The highest BCUT2D eigenvalue weighted by Gasteiger charge is 2.21. The summed E-state index contributed by atoms with van der Waals surface area (Å²) in [6.07, 6.45) is -0.231. The average molecular weight is 194 g/mol. The largest absolute Gasteiger partial charge is 0.455 e. The van der Waals surface area contributed by atoms with Crippen molar-refractivity contribution in [3.8, 4) is 0 Å². The molecule has 1 heterocycles. The van der Waals surface area contributed by atoms with E-state index in [2.05, 4.69) is 4.99 Å². The lowest BCUT2D eigenvalue weighted by atomic mass is 10.0. The summed E-state index contributed by atoms with van der Waals surface area (Å²) >= 11 is 0. The van der Waals surface area contributed by atoms with E-state index >= 15 is 0 Å². The smallest absolute Gasteiger partial charge is 0.282 e. The lowest BCUT2D eigenvalue weighted by molar-refractivity contribution is 0.225. The van der Waals surface area contributed by atoms with E-state index in [1.165, 1.54) is 12.1 Å². The normalized spacial score (nSPS) is 20.4. The monoisotopic (exact) mass is 194 g/mol. The maximum absolute atomic E-state index is 13.0. The summed E-state index contributed by atoms with van der Waals surface area (Å²) in [7, 11) is 0. The molecule has 0 fully saturated rings. The van der Waals surface area contributed by atoms with Crippen LogP contribution in [0.4, 0.5) is 4.39 Å². The molecule has 2 N–H and O–H groups in total. The number of aryl methyl sites for hydroxylation is 1. The van der Waals surface area contributed by atoms with Crippen molar-refractivity contribution in [3.63, 3.8) is 0 Å². The van der Waals surface area contributed by atoms with Crippen LogP contribution >= 0.6 is 0 Å². The van der Waals surface area contributed by atoms with Gasteiger partial charge in [0.2, 0.25) is 0 Å². The summed E-state index contributed by atoms with van der Waals surface area (Å²) in [5.41, 5.74) is 7.19. The van der Waals surface area contributed by atoms with Crippen molar-refractivity contribution in [1.29, 1.82) is 0 Å². The molecule has 0 aliphatic carbocycles. The Morgan fingerprint density at radius 1 is 1.57 bits per heavy atom. The number of aliphatic imine (C=N–C) groups is 1. The van der Waals surface area contributed by atoms with Crippen LogP contribution < -0.4 is 5.73 Å². The van der Waals surface area contributed by atoms with Crippen molar-refractivity contribution in [2.24, 2.45) is 10.7 Å². The van der Waals surface area contributed by atoms with Crippen molar-refractivity contribution in [1.82, 2.24) is 0 Å². The summed E-state index contributed by atoms with van der Waals surface area (Å²) in [6.45, 7) is 2.38. The third kappa shape index (κ3) is 1.55. The minimum absolute atomic E-state index is 0.179. The molecule has 0 saturated carbocycles. The molecule has 2 rings (SSSR count). The Kier molecular flexibility index (Phi) is 2.11. The molecule has 0 saturated heterocycles. The molecule has 1 atom stereocenters. The van der Waals surface area contributed by atoms with E-state index in [1.807, 2.05) is 6.92 Å². The lowest BCUT2D eigenvalue weighted by Gasteiger charge is -2.12. The van der Waals surface area contributed by atoms with Crippen molar-refractivity contribution in [3.05, 3.63) is 35.1 Å². The number of hydrogen-bond acceptors (Lipinski definition) is 3. The van der Waals surface area contributed by atoms with Gasteiger partial charge in [0.1, 0.15) is 11.9 Å². The van der Waals surface area contributed by atoms with Crippen LogP contribution in [0.15, 0.2) is 23.2 Å². The number of amidine groups is 1. The quantitative estimate of drug-likeness (QED) is 0.736. The molecule has 4 heteroatoms. The predicted molar refractivity (Wildman–Crippen MR) is 51.5 cm³/mol. The highest BCUT2D eigenvalue weighted by atomic mass is 19.1. The SMILES string of the molecule is Cc1ccc(F)cc1C1CN=C(N)O1. The summed E-state index contributed by atoms with van der Waals surface area (Å²) < 4.78 is 18.2. The number of nitrogens with zero attached hydrogens (tertiary/aromatic N) is 1. The van der Waals surface area contributed by atoms with Crippen LogP contribution in [-0.2, 0) is 4.74 Å². The molecule has 1 unspecified atom stereocenters. The lowest BCUT2D eigenvalue weighted by Crippen LogP contribution is -2.13. The van der Waals surface area contributed by atoms with Crippen LogP contribution in [-0.4, -0.2) is 12.6 Å². The average Bonchev–Trinajstić information content (AvgIpc) is 2.56. The van der Waals surface area contributed by atoms with Crippen LogP contribution in [0.25, 0.3) is 0 Å². The van der Waals surface area contributed by atoms with Crippen molar-refractivity contribution in [2.45, 2.75) is 13.0 Å². The third-order valence-corrected chi connectivity index (χ3v) is 2.26. The van der Waals surface area contributed by atoms with Gasteiger partial charge in [-0.3, -0.25) is 0 Å². The Morgan fingerprint density at radius 3 is 3.00 bits per heavy atom. The molecule has 1 aliphatic rings. The van der Waals surface area contributed by atoms with Gasteiger partial charge >= 0.3 is 0 Å². The zero-order chi connectivity index (χ0) is 10.1. The van der Waals surface area contributed by atoms with E-state index in [1.54, 1.807) is 6.07 Å². The minimum atomic E-state index is -0.264. The van der Waals surface area contributed by atoms with Gasteiger partial charge in [-0.1, -0.05) is 6.07 Å². The Bertz CT molecular complexity index is 390. The topological polar surface area (TPSA) is 47.6 Å². The molecule has 0 bridgehead atoms. The molecule has 3 nitrogen and oxygen atoms in total. The van der Waals surface area contributed by atoms with Crippen molar-refractivity contribution in [2.75, 3.05) is 6.54 Å². The number of nitrogens with two attached hydrogens (primary N) is 1. The van der Waals surface area contributed by atoms with Crippen LogP contribution in [0.2, 0.25) is 0 Å². The van der Waals surface area contributed by atoms with Gasteiger partial charge < -0.3 is 10.5 Å². The summed E-state index contributed by atoms with van der Waals surface area (Å²) in [5.74, 6) is -0.264. The van der Waals surface area contributed by atoms with E-state index in [-0.39, 0.29) is 17.9 Å². The Hall–Kier alpha value is -1.58. The Labute approximate surface area is 81.4 Å². The number of hydrogen-bond donors (Lipinski definition) is 1. The zero-order valence-corrected chi connectivity index (χ0v) is 7.83. The number of rotatable bonds is 1. The molecule has 0 spiro atoms. The second kappa shape index (κ2) is 3.29. The maximum atomic E-state index is 13.0. The van der Waals surface area contributed by atoms with Gasteiger partial charge in [-0.2, -0.15) is 0 Å². The van der Waals surface area contributed by atoms with Gasteiger partial charge in [0.25, 0.3) is 6.02 Å². The Balaban J connectivity index is 2.28. The van der Waals surface area contributed by atoms with Crippen LogP contribution in [0.5, 0.6) is 0 Å². The maximum Gasteiger partial charge on any atom is 0.282 e. The summed E-state index contributed by atoms with van der Waals surface area (Å²) in [6, 6.07) is 4.80. The van der Waals surface area contributed by atoms with Crippen LogP contribution in [0.1, 0.15) is 17.2 Å². The molecule has 74 valence electrons. The van der Waals surface area contributed by atoms with Gasteiger partial charge in [-0.05, 0) is 24.6 Å². The predicted octanol–water partition coefficient (Wildman–Crippen LogP) is 1.52. The molecular weight excluding hydrogens is 183 g/mol. The third-order valence-electron chi connectivity index (χ3n) is 2.26. The van der Waals surface area contributed by atoms with Gasteiger partial charge in [-0.25, -0.2) is 9.38 Å². The zero-order valence-electron chi connectivity index (χ0n) is 7.83. The number of halogens is 1. The van der Waals surface area contributed by atoms with E-state index in [0.29, 0.717) is 6.54 Å². The minimum Gasteiger partial charge on any atom is -0.455 e. The molecule has 1 aromatic carbocycles. The van der Waals surface area contributed by atoms with Crippen molar-refractivity contribution >= 4 is 6.02 Å². The van der Waals surface area contributed by atoms with Gasteiger partial charge in [0.15, 0.2) is 0 Å². The van der Waals surface area contributed by atoms with E-state index in [4.69, 9.17) is 10.5 Å². The van der Waals surface area contributed by atoms with Crippen LogP contribution in [0.3, 0.4) is 0 Å². The van der Waals surface area contributed by atoms with Gasteiger partial charge in [0, 0.05) is 5.56 Å². The van der Waals surface area contributed by atoms with Gasteiger partial charge in [0.05, 0.1) is 6.54 Å². The first kappa shape index (κ1) is 8.99.